The lowest BCUT2D eigenvalue weighted by atomic mass is 9.94. The molecule has 1 N–H and O–H groups in total. The molecular weight excluding hydrogens is 326 g/mol. The number of carbonyl (C=O) groups excluding carboxylic acids is 1. The van der Waals surface area contributed by atoms with Gasteiger partial charge in [0, 0.05) is 57.1 Å². The highest BCUT2D eigenvalue weighted by atomic mass is 16.2. The molecular formula is C20H23N5O. The minimum atomic E-state index is 0.113. The van der Waals surface area contributed by atoms with Crippen LogP contribution >= 0.6 is 0 Å². The van der Waals surface area contributed by atoms with Gasteiger partial charge in [-0.15, -0.1) is 0 Å². The standard InChI is InChI=1S/C20H23N5O/c1-24-13-14(7-18(24)9-21)10-23-12-16-8-19(26)25(17-4-5-17)20(16)15-3-2-6-22-11-15/h2-3,6-7,11,13,16-17,20,23H,4-5,8,10,12H2,1H3/t16-,20-/m0/s1. The van der Waals surface area contributed by atoms with Crippen LogP contribution in [0.4, 0.5) is 0 Å². The molecule has 1 amide bonds. The zero-order valence-electron chi connectivity index (χ0n) is 14.9. The Kier molecular flexibility index (Phi) is 4.48. The number of nitrogens with one attached hydrogen (secondary N) is 1. The first-order valence-electron chi connectivity index (χ1n) is 9.14. The zero-order valence-corrected chi connectivity index (χ0v) is 14.9. The van der Waals surface area contributed by atoms with E-state index in [2.05, 4.69) is 27.3 Å². The molecule has 0 aromatic carbocycles. The third kappa shape index (κ3) is 3.23. The highest BCUT2D eigenvalue weighted by Crippen LogP contribution is 2.44. The maximum atomic E-state index is 12.6. The Bertz CT molecular complexity index is 834. The molecule has 134 valence electrons. The summed E-state index contributed by atoms with van der Waals surface area (Å²) in [6.07, 6.45) is 8.45. The maximum Gasteiger partial charge on any atom is 0.223 e. The lowest BCUT2D eigenvalue weighted by Crippen LogP contribution is -2.33. The Balaban J connectivity index is 1.45. The second-order valence-corrected chi connectivity index (χ2v) is 7.31. The van der Waals surface area contributed by atoms with Crippen LogP contribution in [0.1, 0.15) is 42.1 Å². The fourth-order valence-corrected chi connectivity index (χ4v) is 4.02. The van der Waals surface area contributed by atoms with Crippen LogP contribution in [0, 0.1) is 17.2 Å². The summed E-state index contributed by atoms with van der Waals surface area (Å²) in [4.78, 5) is 19.0. The zero-order chi connectivity index (χ0) is 18.1. The lowest BCUT2D eigenvalue weighted by molar-refractivity contribution is -0.129. The average molecular weight is 349 g/mol. The summed E-state index contributed by atoms with van der Waals surface area (Å²) in [6.45, 7) is 1.47. The largest absolute Gasteiger partial charge is 0.342 e. The summed E-state index contributed by atoms with van der Waals surface area (Å²) in [5.74, 6) is 0.506. The van der Waals surface area contributed by atoms with Crippen LogP contribution < -0.4 is 5.32 Å². The Morgan fingerprint density at radius 2 is 2.27 bits per heavy atom. The van der Waals surface area contributed by atoms with E-state index in [9.17, 15) is 4.79 Å². The molecule has 2 aromatic rings. The first-order chi connectivity index (χ1) is 12.7. The van der Waals surface area contributed by atoms with Crippen molar-refractivity contribution in [2.45, 2.75) is 37.9 Å². The second-order valence-electron chi connectivity index (χ2n) is 7.31. The molecule has 1 saturated heterocycles. The molecule has 0 spiro atoms. The van der Waals surface area contributed by atoms with Gasteiger partial charge in [0.1, 0.15) is 11.8 Å². The SMILES string of the molecule is Cn1cc(CNC[C@@H]2CC(=O)N(C3CC3)[C@H]2c2cccnc2)cc1C#N. The molecule has 0 bridgehead atoms. The topological polar surface area (TPSA) is 74.0 Å². The van der Waals surface area contributed by atoms with Crippen molar-refractivity contribution in [2.24, 2.45) is 13.0 Å². The van der Waals surface area contributed by atoms with Gasteiger partial charge in [0.15, 0.2) is 0 Å². The first kappa shape index (κ1) is 16.8. The van der Waals surface area contributed by atoms with Gasteiger partial charge in [-0.2, -0.15) is 5.26 Å². The van der Waals surface area contributed by atoms with Gasteiger partial charge in [-0.1, -0.05) is 6.07 Å². The number of pyridine rings is 1. The van der Waals surface area contributed by atoms with Crippen molar-refractivity contribution in [3.05, 3.63) is 53.6 Å². The van der Waals surface area contributed by atoms with Crippen molar-refractivity contribution in [3.63, 3.8) is 0 Å². The molecule has 26 heavy (non-hydrogen) atoms. The van der Waals surface area contributed by atoms with Crippen LogP contribution in [-0.2, 0) is 18.4 Å². The number of aryl methyl sites for hydroxylation is 1. The van der Waals surface area contributed by atoms with Crippen molar-refractivity contribution < 1.29 is 4.79 Å². The third-order valence-electron chi connectivity index (χ3n) is 5.35. The van der Waals surface area contributed by atoms with E-state index >= 15 is 0 Å². The Morgan fingerprint density at radius 3 is 2.92 bits per heavy atom. The van der Waals surface area contributed by atoms with Crippen LogP contribution in [0.25, 0.3) is 0 Å². The van der Waals surface area contributed by atoms with E-state index in [1.54, 1.807) is 6.20 Å². The van der Waals surface area contributed by atoms with Gasteiger partial charge in [0.2, 0.25) is 5.91 Å². The molecule has 1 aliphatic carbocycles. The smallest absolute Gasteiger partial charge is 0.223 e. The van der Waals surface area contributed by atoms with Gasteiger partial charge in [-0.25, -0.2) is 0 Å². The van der Waals surface area contributed by atoms with Crippen LogP contribution in [0.5, 0.6) is 0 Å². The predicted molar refractivity (Wildman–Crippen MR) is 96.8 cm³/mol. The molecule has 1 saturated carbocycles. The number of amides is 1. The van der Waals surface area contributed by atoms with E-state index < -0.39 is 0 Å². The molecule has 4 rings (SSSR count). The van der Waals surface area contributed by atoms with Crippen LogP contribution in [0.2, 0.25) is 0 Å². The van der Waals surface area contributed by atoms with E-state index in [0.717, 1.165) is 30.5 Å². The number of hydrogen-bond acceptors (Lipinski definition) is 4. The maximum absolute atomic E-state index is 12.6. The van der Waals surface area contributed by atoms with E-state index in [1.165, 1.54) is 0 Å². The number of aromatic nitrogens is 2. The number of likely N-dealkylation sites (tertiary alicyclic amines) is 1. The van der Waals surface area contributed by atoms with Gasteiger partial charge in [-0.05, 0) is 36.1 Å². The number of nitriles is 1. The third-order valence-corrected chi connectivity index (χ3v) is 5.35. The summed E-state index contributed by atoms with van der Waals surface area (Å²) < 4.78 is 1.84. The van der Waals surface area contributed by atoms with Crippen molar-refractivity contribution in [1.82, 2.24) is 19.8 Å². The molecule has 6 nitrogen and oxygen atoms in total. The van der Waals surface area contributed by atoms with E-state index in [1.807, 2.05) is 36.1 Å². The van der Waals surface area contributed by atoms with E-state index in [0.29, 0.717) is 24.7 Å². The van der Waals surface area contributed by atoms with Gasteiger partial charge < -0.3 is 14.8 Å². The molecule has 0 unspecified atom stereocenters. The normalized spacial score (nSPS) is 22.6. The van der Waals surface area contributed by atoms with Crippen LogP contribution in [0.15, 0.2) is 36.8 Å². The summed E-state index contributed by atoms with van der Waals surface area (Å²) in [7, 11) is 1.88. The molecule has 3 heterocycles. The highest BCUT2D eigenvalue weighted by Gasteiger charge is 2.46. The summed E-state index contributed by atoms with van der Waals surface area (Å²) in [5.41, 5.74) is 2.87. The van der Waals surface area contributed by atoms with Crippen molar-refractivity contribution in [1.29, 1.82) is 5.26 Å². The van der Waals surface area contributed by atoms with Gasteiger partial charge >= 0.3 is 0 Å². The predicted octanol–water partition coefficient (Wildman–Crippen LogP) is 2.13. The summed E-state index contributed by atoms with van der Waals surface area (Å²) >= 11 is 0. The summed E-state index contributed by atoms with van der Waals surface area (Å²) in [6, 6.07) is 8.63. The second kappa shape index (κ2) is 6.93. The molecule has 2 atom stereocenters. The fraction of sp³-hybridized carbons (Fsp3) is 0.450. The first-order valence-corrected chi connectivity index (χ1v) is 9.14. The minimum absolute atomic E-state index is 0.113. The molecule has 1 aliphatic heterocycles. The number of nitrogens with zero attached hydrogens (tertiary/aromatic N) is 4. The Morgan fingerprint density at radius 1 is 1.42 bits per heavy atom. The van der Waals surface area contributed by atoms with Crippen molar-refractivity contribution in [3.8, 4) is 6.07 Å². The molecule has 2 aromatic heterocycles. The summed E-state index contributed by atoms with van der Waals surface area (Å²) in [5, 5.41) is 12.6. The molecule has 6 heteroatoms. The van der Waals surface area contributed by atoms with Crippen LogP contribution in [0.3, 0.4) is 0 Å². The van der Waals surface area contributed by atoms with Crippen molar-refractivity contribution in [2.75, 3.05) is 6.54 Å². The molecule has 0 radical (unpaired) electrons. The average Bonchev–Trinajstić information content (AvgIpc) is 3.34. The number of rotatable bonds is 6. The van der Waals surface area contributed by atoms with Gasteiger partial charge in [-0.3, -0.25) is 9.78 Å². The van der Waals surface area contributed by atoms with E-state index in [-0.39, 0.29) is 17.9 Å². The van der Waals surface area contributed by atoms with E-state index in [4.69, 9.17) is 5.26 Å². The van der Waals surface area contributed by atoms with Gasteiger partial charge in [0.05, 0.1) is 6.04 Å². The number of carbonyl (C=O) groups is 1. The minimum Gasteiger partial charge on any atom is -0.342 e. The van der Waals surface area contributed by atoms with Gasteiger partial charge in [0.25, 0.3) is 0 Å². The monoisotopic (exact) mass is 349 g/mol. The fourth-order valence-electron chi connectivity index (χ4n) is 4.02. The molecule has 2 fully saturated rings. The van der Waals surface area contributed by atoms with Crippen LogP contribution in [-0.4, -0.2) is 32.9 Å². The van der Waals surface area contributed by atoms with Crippen molar-refractivity contribution >= 4 is 5.91 Å². The highest BCUT2D eigenvalue weighted by molar-refractivity contribution is 5.80. The Labute approximate surface area is 153 Å². The molecule has 2 aliphatic rings. The number of hydrogen-bond donors (Lipinski definition) is 1. The Hall–Kier alpha value is -2.65. The lowest BCUT2D eigenvalue weighted by Gasteiger charge is -2.28. The quantitative estimate of drug-likeness (QED) is 0.867.